The van der Waals surface area contributed by atoms with Crippen molar-refractivity contribution >= 4 is 5.97 Å². The van der Waals surface area contributed by atoms with Gasteiger partial charge in [0, 0.05) is 0 Å². The maximum absolute atomic E-state index is 9.51. The van der Waals surface area contributed by atoms with Crippen LogP contribution in [0.2, 0.25) is 0 Å². The summed E-state index contributed by atoms with van der Waals surface area (Å²) in [6.45, 7) is 0. The molecule has 0 atom stereocenters. The van der Waals surface area contributed by atoms with Gasteiger partial charge in [-0.1, -0.05) is 0 Å². The van der Waals surface area contributed by atoms with Gasteiger partial charge in [-0.2, -0.15) is 0 Å². The number of carboxylic acids is 1. The minimum atomic E-state index is -1.77. The van der Waals surface area contributed by atoms with E-state index in [0.29, 0.717) is 0 Å². The average Bonchev–Trinajstić information content (AvgIpc) is 1.64. The van der Waals surface area contributed by atoms with E-state index in [1.807, 2.05) is 0 Å². The molecule has 8 heavy (non-hydrogen) atoms. The lowest BCUT2D eigenvalue weighted by Gasteiger charge is -1.88. The number of hydrogen-bond acceptors (Lipinski definition) is 4. The Balaban J connectivity index is 4.23. The number of carbonyl (C=O) groups is 1. The van der Waals surface area contributed by atoms with Gasteiger partial charge in [0.05, 0.1) is 0 Å². The Labute approximate surface area is 44.1 Å². The molecule has 0 aromatic rings. The largest absolute Gasteiger partial charge is 0.497 e. The molecule has 0 unspecified atom stereocenters. The second kappa shape index (κ2) is 2.06. The maximum atomic E-state index is 9.51. The van der Waals surface area contributed by atoms with Gasteiger partial charge in [-0.05, 0) is 0 Å². The standard InChI is InChI=1S/C3H4O5/c4-1(2(5)6)3(7)8/h4-6H,(H,7,8). The Morgan fingerprint density at radius 2 is 1.38 bits per heavy atom. The van der Waals surface area contributed by atoms with Gasteiger partial charge in [0.1, 0.15) is 0 Å². The highest BCUT2D eigenvalue weighted by Gasteiger charge is 2.09. The normalized spacial score (nSPS) is 8.00. The molecule has 0 saturated heterocycles. The molecule has 46 valence electrons. The van der Waals surface area contributed by atoms with Crippen molar-refractivity contribution < 1.29 is 25.2 Å². The Morgan fingerprint density at radius 1 is 1.00 bits per heavy atom. The van der Waals surface area contributed by atoms with Crippen molar-refractivity contribution in [1.29, 1.82) is 0 Å². The van der Waals surface area contributed by atoms with Gasteiger partial charge < -0.3 is 20.4 Å². The van der Waals surface area contributed by atoms with Crippen LogP contribution in [-0.4, -0.2) is 26.4 Å². The van der Waals surface area contributed by atoms with E-state index in [0.717, 1.165) is 0 Å². The smallest absolute Gasteiger partial charge is 0.378 e. The molecular weight excluding hydrogens is 116 g/mol. The molecule has 0 aromatic carbocycles. The summed E-state index contributed by atoms with van der Waals surface area (Å²) in [5.74, 6) is -4.81. The van der Waals surface area contributed by atoms with Crippen LogP contribution in [0, 0.1) is 0 Å². The number of carboxylic acid groups (broad SMARTS) is 1. The molecule has 5 nitrogen and oxygen atoms in total. The Morgan fingerprint density at radius 3 is 1.38 bits per heavy atom. The first kappa shape index (κ1) is 6.61. The zero-order chi connectivity index (χ0) is 6.73. The number of aliphatic carboxylic acids is 1. The first-order valence-electron chi connectivity index (χ1n) is 1.60. The van der Waals surface area contributed by atoms with Crippen LogP contribution in [0.4, 0.5) is 0 Å². The van der Waals surface area contributed by atoms with E-state index >= 15 is 0 Å². The SMILES string of the molecule is O=C(O)C(O)=C(O)O. The van der Waals surface area contributed by atoms with Crippen LogP contribution in [0.1, 0.15) is 0 Å². The second-order valence-corrected chi connectivity index (χ2v) is 0.977. The lowest BCUT2D eigenvalue weighted by atomic mass is 10.5. The van der Waals surface area contributed by atoms with Crippen LogP contribution in [0.3, 0.4) is 0 Å². The first-order valence-corrected chi connectivity index (χ1v) is 1.60. The lowest BCUT2D eigenvalue weighted by Crippen LogP contribution is -2.02. The molecule has 0 aliphatic carbocycles. The molecule has 0 aliphatic rings. The molecule has 0 aromatic heterocycles. The molecular formula is C3H4O5. The summed E-state index contributed by atoms with van der Waals surface area (Å²) >= 11 is 0. The number of rotatable bonds is 1. The van der Waals surface area contributed by atoms with Gasteiger partial charge >= 0.3 is 11.9 Å². The molecule has 0 fully saturated rings. The van der Waals surface area contributed by atoms with E-state index in [-0.39, 0.29) is 0 Å². The van der Waals surface area contributed by atoms with Crippen molar-refractivity contribution in [3.63, 3.8) is 0 Å². The van der Waals surface area contributed by atoms with Crippen molar-refractivity contribution in [3.8, 4) is 0 Å². The summed E-state index contributed by atoms with van der Waals surface area (Å²) in [6.07, 6.45) is 0. The molecule has 0 amide bonds. The summed E-state index contributed by atoms with van der Waals surface area (Å²) < 4.78 is 0. The number of aliphatic hydroxyl groups is 3. The van der Waals surface area contributed by atoms with Gasteiger partial charge in [-0.25, -0.2) is 4.79 Å². The maximum Gasteiger partial charge on any atom is 0.378 e. The zero-order valence-electron chi connectivity index (χ0n) is 3.70. The summed E-state index contributed by atoms with van der Waals surface area (Å²) in [7, 11) is 0. The predicted octanol–water partition coefficient (Wildman–Crippen LogP) is -0.0859. The Kier molecular flexibility index (Phi) is 1.70. The van der Waals surface area contributed by atoms with E-state index in [4.69, 9.17) is 20.4 Å². The fourth-order valence-electron chi connectivity index (χ4n) is 0.0956. The van der Waals surface area contributed by atoms with Crippen molar-refractivity contribution in [2.24, 2.45) is 0 Å². The van der Waals surface area contributed by atoms with E-state index < -0.39 is 17.7 Å². The molecule has 0 rings (SSSR count). The molecule has 0 bridgehead atoms. The molecule has 0 aliphatic heterocycles. The van der Waals surface area contributed by atoms with E-state index in [1.165, 1.54) is 0 Å². The van der Waals surface area contributed by atoms with Gasteiger partial charge in [0.2, 0.25) is 0 Å². The van der Waals surface area contributed by atoms with Crippen LogP contribution in [-0.2, 0) is 4.79 Å². The summed E-state index contributed by atoms with van der Waals surface area (Å²) in [6, 6.07) is 0. The molecule has 0 radical (unpaired) electrons. The van der Waals surface area contributed by atoms with Gasteiger partial charge in [0.25, 0.3) is 5.76 Å². The number of aliphatic hydroxyl groups excluding tert-OH is 2. The predicted molar refractivity (Wildman–Crippen MR) is 22.5 cm³/mol. The molecule has 0 saturated carbocycles. The van der Waals surface area contributed by atoms with Gasteiger partial charge in [-0.3, -0.25) is 0 Å². The van der Waals surface area contributed by atoms with Crippen molar-refractivity contribution in [2.45, 2.75) is 0 Å². The summed E-state index contributed by atoms with van der Waals surface area (Å²) in [5.41, 5.74) is 0. The van der Waals surface area contributed by atoms with Crippen LogP contribution in [0.5, 0.6) is 0 Å². The van der Waals surface area contributed by atoms with Crippen LogP contribution in [0.15, 0.2) is 11.7 Å². The fraction of sp³-hybridized carbons (Fsp3) is 0. The third-order valence-corrected chi connectivity index (χ3v) is 0.414. The molecule has 0 spiro atoms. The molecule has 5 heteroatoms. The van der Waals surface area contributed by atoms with Crippen LogP contribution < -0.4 is 0 Å². The quantitative estimate of drug-likeness (QED) is 0.286. The minimum Gasteiger partial charge on any atom is -0.497 e. The topological polar surface area (TPSA) is 98.0 Å². The summed E-state index contributed by atoms with van der Waals surface area (Å²) in [4.78, 5) is 9.51. The Bertz CT molecular complexity index is 131. The first-order chi connectivity index (χ1) is 3.55. The zero-order valence-corrected chi connectivity index (χ0v) is 3.70. The van der Waals surface area contributed by atoms with Crippen LogP contribution >= 0.6 is 0 Å². The fourth-order valence-corrected chi connectivity index (χ4v) is 0.0956. The molecule has 4 N–H and O–H groups in total. The van der Waals surface area contributed by atoms with Gasteiger partial charge in [-0.15, -0.1) is 0 Å². The lowest BCUT2D eigenvalue weighted by molar-refractivity contribution is -0.136. The van der Waals surface area contributed by atoms with Crippen LogP contribution in [0.25, 0.3) is 0 Å². The van der Waals surface area contributed by atoms with Crippen molar-refractivity contribution in [2.75, 3.05) is 0 Å². The third kappa shape index (κ3) is 1.38. The van der Waals surface area contributed by atoms with Crippen molar-refractivity contribution in [1.82, 2.24) is 0 Å². The van der Waals surface area contributed by atoms with E-state index in [9.17, 15) is 4.79 Å². The number of hydrogen-bond donors (Lipinski definition) is 4. The summed E-state index contributed by atoms with van der Waals surface area (Å²) in [5, 5.41) is 31.3. The average molecular weight is 120 g/mol. The highest BCUT2D eigenvalue weighted by molar-refractivity contribution is 5.83. The highest BCUT2D eigenvalue weighted by atomic mass is 16.5. The highest BCUT2D eigenvalue weighted by Crippen LogP contribution is 1.90. The van der Waals surface area contributed by atoms with Crippen molar-refractivity contribution in [3.05, 3.63) is 11.7 Å². The second-order valence-electron chi connectivity index (χ2n) is 0.977. The van der Waals surface area contributed by atoms with E-state index in [1.54, 1.807) is 0 Å². The van der Waals surface area contributed by atoms with Gasteiger partial charge in [0.15, 0.2) is 0 Å². The minimum absolute atomic E-state index is 1.45. The Hall–Kier alpha value is -1.39. The monoisotopic (exact) mass is 120 g/mol. The van der Waals surface area contributed by atoms with E-state index in [2.05, 4.69) is 0 Å². The third-order valence-electron chi connectivity index (χ3n) is 0.414. The molecule has 0 heterocycles.